The lowest BCUT2D eigenvalue weighted by molar-refractivity contribution is 1.35. The minimum Gasteiger partial charge on any atom is -0.397 e. The molecule has 2 nitrogen and oxygen atoms in total. The lowest BCUT2D eigenvalue weighted by Gasteiger charge is -2.07. The number of nitrogen functional groups attached to an aromatic ring is 1. The molecule has 1 heterocycles. The molecule has 72 valence electrons. The van der Waals surface area contributed by atoms with Crippen LogP contribution in [-0.2, 0) is 0 Å². The molecule has 2 rings (SSSR count). The Morgan fingerprint density at radius 2 is 2.14 bits per heavy atom. The number of anilines is 1. The largest absolute Gasteiger partial charge is 0.397 e. The van der Waals surface area contributed by atoms with Gasteiger partial charge in [-0.1, -0.05) is 25.1 Å². The van der Waals surface area contributed by atoms with Crippen LogP contribution in [0.25, 0.3) is 10.9 Å². The van der Waals surface area contributed by atoms with Crippen LogP contribution < -0.4 is 5.73 Å². The van der Waals surface area contributed by atoms with E-state index in [1.165, 1.54) is 0 Å². The van der Waals surface area contributed by atoms with E-state index in [1.807, 2.05) is 18.2 Å². The van der Waals surface area contributed by atoms with E-state index in [4.69, 9.17) is 5.73 Å². The highest BCUT2D eigenvalue weighted by molar-refractivity contribution is 7.99. The summed E-state index contributed by atoms with van der Waals surface area (Å²) in [6.07, 6.45) is 1.74. The molecule has 1 aromatic carbocycles. The van der Waals surface area contributed by atoms with Gasteiger partial charge in [-0.2, -0.15) is 0 Å². The number of aromatic nitrogens is 1. The second-order valence-corrected chi connectivity index (χ2v) is 4.27. The first kappa shape index (κ1) is 9.34. The van der Waals surface area contributed by atoms with Gasteiger partial charge in [0.25, 0.3) is 0 Å². The summed E-state index contributed by atoms with van der Waals surface area (Å²) in [7, 11) is 0. The van der Waals surface area contributed by atoms with Gasteiger partial charge in [-0.05, 0) is 11.8 Å². The molecule has 1 aromatic heterocycles. The minimum atomic E-state index is 0.774. The van der Waals surface area contributed by atoms with Crippen LogP contribution in [0.1, 0.15) is 6.92 Å². The zero-order chi connectivity index (χ0) is 9.97. The Kier molecular flexibility index (Phi) is 2.59. The van der Waals surface area contributed by atoms with Crippen LogP contribution in [0.4, 0.5) is 5.69 Å². The van der Waals surface area contributed by atoms with Gasteiger partial charge in [-0.15, -0.1) is 11.8 Å². The SMILES string of the molecule is CCSc1c(N)cnc2ccccc12. The van der Waals surface area contributed by atoms with Crippen molar-refractivity contribution in [2.24, 2.45) is 0 Å². The molecule has 0 aliphatic rings. The van der Waals surface area contributed by atoms with Crippen molar-refractivity contribution >= 4 is 28.4 Å². The highest BCUT2D eigenvalue weighted by Crippen LogP contribution is 2.31. The summed E-state index contributed by atoms with van der Waals surface area (Å²) in [5.74, 6) is 1.03. The Balaban J connectivity index is 2.69. The van der Waals surface area contributed by atoms with Crippen LogP contribution in [0.3, 0.4) is 0 Å². The Bertz CT molecular complexity index is 454. The predicted molar refractivity (Wildman–Crippen MR) is 62.6 cm³/mol. The first-order chi connectivity index (χ1) is 6.83. The topological polar surface area (TPSA) is 38.9 Å². The third kappa shape index (κ3) is 1.55. The monoisotopic (exact) mass is 204 g/mol. The van der Waals surface area contributed by atoms with Gasteiger partial charge in [-0.3, -0.25) is 4.98 Å². The van der Waals surface area contributed by atoms with Gasteiger partial charge in [-0.25, -0.2) is 0 Å². The lowest BCUT2D eigenvalue weighted by Crippen LogP contribution is -1.92. The lowest BCUT2D eigenvalue weighted by atomic mass is 10.2. The van der Waals surface area contributed by atoms with Crippen LogP contribution in [0.15, 0.2) is 35.4 Å². The van der Waals surface area contributed by atoms with Crippen LogP contribution in [0.2, 0.25) is 0 Å². The van der Waals surface area contributed by atoms with Crippen molar-refractivity contribution in [1.29, 1.82) is 0 Å². The summed E-state index contributed by atoms with van der Waals surface area (Å²) < 4.78 is 0. The van der Waals surface area contributed by atoms with Gasteiger partial charge < -0.3 is 5.73 Å². The summed E-state index contributed by atoms with van der Waals surface area (Å²) >= 11 is 1.77. The fraction of sp³-hybridized carbons (Fsp3) is 0.182. The number of pyridine rings is 1. The first-order valence-corrected chi connectivity index (χ1v) is 5.57. The van der Waals surface area contributed by atoms with Crippen molar-refractivity contribution in [3.63, 3.8) is 0 Å². The van der Waals surface area contributed by atoms with E-state index in [2.05, 4.69) is 18.0 Å². The van der Waals surface area contributed by atoms with Crippen molar-refractivity contribution in [2.45, 2.75) is 11.8 Å². The van der Waals surface area contributed by atoms with Gasteiger partial charge >= 0.3 is 0 Å². The molecule has 3 heteroatoms. The zero-order valence-corrected chi connectivity index (χ0v) is 8.84. The maximum Gasteiger partial charge on any atom is 0.0714 e. The van der Waals surface area contributed by atoms with E-state index < -0.39 is 0 Å². The van der Waals surface area contributed by atoms with E-state index in [0.29, 0.717) is 0 Å². The third-order valence-electron chi connectivity index (χ3n) is 2.04. The molecule has 14 heavy (non-hydrogen) atoms. The summed E-state index contributed by atoms with van der Waals surface area (Å²) in [4.78, 5) is 5.44. The summed E-state index contributed by atoms with van der Waals surface area (Å²) in [5, 5.41) is 1.15. The summed E-state index contributed by atoms with van der Waals surface area (Å²) in [6, 6.07) is 8.08. The fourth-order valence-electron chi connectivity index (χ4n) is 1.44. The number of benzene rings is 1. The van der Waals surface area contributed by atoms with E-state index >= 15 is 0 Å². The molecular weight excluding hydrogens is 192 g/mol. The number of fused-ring (bicyclic) bond motifs is 1. The average molecular weight is 204 g/mol. The zero-order valence-electron chi connectivity index (χ0n) is 8.03. The quantitative estimate of drug-likeness (QED) is 0.764. The van der Waals surface area contributed by atoms with Crippen molar-refractivity contribution in [1.82, 2.24) is 4.98 Å². The van der Waals surface area contributed by atoms with Crippen LogP contribution in [-0.4, -0.2) is 10.7 Å². The molecule has 0 fully saturated rings. The smallest absolute Gasteiger partial charge is 0.0714 e. The van der Waals surface area contributed by atoms with Crippen LogP contribution >= 0.6 is 11.8 Å². The maximum absolute atomic E-state index is 5.89. The molecule has 0 aliphatic carbocycles. The number of thioether (sulfide) groups is 1. The highest BCUT2D eigenvalue weighted by Gasteiger charge is 2.04. The molecule has 0 amide bonds. The molecule has 0 spiro atoms. The van der Waals surface area contributed by atoms with E-state index in [9.17, 15) is 0 Å². The predicted octanol–water partition coefficient (Wildman–Crippen LogP) is 2.93. The highest BCUT2D eigenvalue weighted by atomic mass is 32.2. The molecule has 2 aromatic rings. The van der Waals surface area contributed by atoms with E-state index in [0.717, 1.165) is 27.2 Å². The van der Waals surface area contributed by atoms with Gasteiger partial charge in [0, 0.05) is 10.3 Å². The third-order valence-corrected chi connectivity index (χ3v) is 3.08. The van der Waals surface area contributed by atoms with E-state index in [-0.39, 0.29) is 0 Å². The standard InChI is InChI=1S/C11H12N2S/c1-2-14-11-8-5-3-4-6-10(8)13-7-9(11)12/h3-7H,2,12H2,1H3. The van der Waals surface area contributed by atoms with Gasteiger partial charge in [0.1, 0.15) is 0 Å². The molecule has 2 N–H and O–H groups in total. The van der Waals surface area contributed by atoms with Crippen LogP contribution in [0.5, 0.6) is 0 Å². The van der Waals surface area contributed by atoms with Crippen molar-refractivity contribution in [3.05, 3.63) is 30.5 Å². The second kappa shape index (κ2) is 3.88. The normalized spacial score (nSPS) is 10.6. The Morgan fingerprint density at radius 3 is 2.93 bits per heavy atom. The Morgan fingerprint density at radius 1 is 1.36 bits per heavy atom. The summed E-state index contributed by atoms with van der Waals surface area (Å²) in [5.41, 5.74) is 7.67. The first-order valence-electron chi connectivity index (χ1n) is 4.59. The number of para-hydroxylation sites is 1. The molecular formula is C11H12N2S. The van der Waals surface area contributed by atoms with Crippen LogP contribution in [0, 0.1) is 0 Å². The fourth-order valence-corrected chi connectivity index (χ4v) is 2.27. The molecule has 0 bridgehead atoms. The summed E-state index contributed by atoms with van der Waals surface area (Å²) in [6.45, 7) is 2.12. The number of nitrogens with two attached hydrogens (primary N) is 1. The number of rotatable bonds is 2. The van der Waals surface area contributed by atoms with Gasteiger partial charge in [0.15, 0.2) is 0 Å². The molecule has 0 unspecified atom stereocenters. The van der Waals surface area contributed by atoms with E-state index in [1.54, 1.807) is 18.0 Å². The number of hydrogen-bond acceptors (Lipinski definition) is 3. The molecule has 0 saturated heterocycles. The Hall–Kier alpha value is -1.22. The van der Waals surface area contributed by atoms with Gasteiger partial charge in [0.05, 0.1) is 17.4 Å². The van der Waals surface area contributed by atoms with Gasteiger partial charge in [0.2, 0.25) is 0 Å². The van der Waals surface area contributed by atoms with Crippen molar-refractivity contribution in [2.75, 3.05) is 11.5 Å². The molecule has 0 saturated carbocycles. The van der Waals surface area contributed by atoms with Crippen molar-refractivity contribution in [3.8, 4) is 0 Å². The average Bonchev–Trinajstić information content (AvgIpc) is 2.23. The molecule has 0 atom stereocenters. The Labute approximate surface area is 87.5 Å². The molecule has 0 radical (unpaired) electrons. The van der Waals surface area contributed by atoms with Crippen molar-refractivity contribution < 1.29 is 0 Å². The number of nitrogens with zero attached hydrogens (tertiary/aromatic N) is 1. The number of hydrogen-bond donors (Lipinski definition) is 1. The maximum atomic E-state index is 5.89. The minimum absolute atomic E-state index is 0.774. The second-order valence-electron chi connectivity index (χ2n) is 2.99. The molecule has 0 aliphatic heterocycles.